The molecule has 5 fully saturated rings. The minimum Gasteiger partial charge on any atom is -0.0776 e. The fourth-order valence-electron chi connectivity index (χ4n) is 3.69. The smallest absolute Gasteiger partial charge is 0.0385 e. The maximum absolute atomic E-state index is 2.34. The zero-order valence-electron chi connectivity index (χ0n) is 55.3. The van der Waals surface area contributed by atoms with Gasteiger partial charge in [0.2, 0.25) is 0 Å². The Hall–Kier alpha value is 0. The molecule has 0 atom stereocenters. The standard InChI is InChI=1S/2C6H12.C6H14.2C5H10.4C5H12.C4H8.2C4H10.C3H8.2C2H6.13CH4/c1-6-4-2-3-5-6;1-2-6-4-3-5-6;1-5-6(2,3)4;1-5-3-2-4-5;1-2-5-3-4-5;1-5(2,3)4;2*1-4-5(2)3;1-3-5-4-2;1-4-2-3-4;1-4(2)3;1-3-4-2;1-3-2;2*1-2;;;;;;;;;;;;;/h2*6H,2-5H2,1H3;5H2,1-4H3;2*5H,2-4H2,1H3;1-4H3;2*5H,4H2,1-3H3;3-5H2,1-2H3;4H,2-3H2,1H3;4H,1-3H3;3-4H2,1-2H3;3H2,1-2H3;2*1-2H3;13*1H4. The maximum Gasteiger partial charge on any atom is -0.0385 e. The molecule has 0 bridgehead atoms. The molecule has 0 aromatic rings. The highest BCUT2D eigenvalue weighted by atomic mass is 14.2. The summed E-state index contributed by atoms with van der Waals surface area (Å²) in [5.74, 6) is 8.05. The van der Waals surface area contributed by atoms with E-state index in [1.54, 1.807) is 0 Å². The van der Waals surface area contributed by atoms with Crippen LogP contribution in [0.5, 0.6) is 0 Å². The van der Waals surface area contributed by atoms with Gasteiger partial charge in [-0.1, -0.05) is 479 Å². The van der Waals surface area contributed by atoms with Crippen LogP contribution in [0.1, 0.15) is 479 Å². The van der Waals surface area contributed by atoms with Crippen LogP contribution in [-0.4, -0.2) is 0 Å². The average Bonchev–Trinajstić information content (AvgIpc) is 4.18. The van der Waals surface area contributed by atoms with E-state index in [0.29, 0.717) is 10.8 Å². The minimum atomic E-state index is 0. The fourth-order valence-corrected chi connectivity index (χ4v) is 3.69. The van der Waals surface area contributed by atoms with Gasteiger partial charge >= 0.3 is 0 Å². The predicted molar refractivity (Wildman–Crippen MR) is 417 cm³/mol. The van der Waals surface area contributed by atoms with Crippen molar-refractivity contribution in [2.24, 2.45) is 58.2 Å². The van der Waals surface area contributed by atoms with Gasteiger partial charge < -0.3 is 0 Å². The summed E-state index contributed by atoms with van der Waals surface area (Å²) in [6.45, 7) is 70.0. The summed E-state index contributed by atoms with van der Waals surface area (Å²) in [5, 5.41) is 0. The Morgan fingerprint density at radius 3 is 0.512 bits per heavy atom. The van der Waals surface area contributed by atoms with Gasteiger partial charge in [0.1, 0.15) is 0 Å². The fraction of sp³-hybridized carbons (Fsp3) is 1.00. The van der Waals surface area contributed by atoms with E-state index < -0.39 is 0 Å². The van der Waals surface area contributed by atoms with Crippen LogP contribution in [0.2, 0.25) is 0 Å². The highest BCUT2D eigenvalue weighted by molar-refractivity contribution is 4.70. The predicted octanol–water partition coefficient (Wildman–Crippen LogP) is 35.4. The molecule has 5 rings (SSSR count). The molecule has 5 aliphatic carbocycles. The van der Waals surface area contributed by atoms with Crippen molar-refractivity contribution in [3.8, 4) is 0 Å². The third kappa shape index (κ3) is 304. The van der Waals surface area contributed by atoms with Gasteiger partial charge in [-0.05, 0) is 58.2 Å². The van der Waals surface area contributed by atoms with Crippen molar-refractivity contribution in [1.82, 2.24) is 0 Å². The van der Waals surface area contributed by atoms with Crippen molar-refractivity contribution < 1.29 is 0 Å². The van der Waals surface area contributed by atoms with Crippen LogP contribution in [0.15, 0.2) is 0 Å². The molecule has 5 aliphatic rings. The van der Waals surface area contributed by atoms with E-state index in [9.17, 15) is 0 Å². The summed E-state index contributed by atoms with van der Waals surface area (Å²) in [6, 6.07) is 0. The lowest BCUT2D eigenvalue weighted by atomic mass is 9.84. The zero-order chi connectivity index (χ0) is 55.3. The first-order valence-electron chi connectivity index (χ1n) is 31.1. The van der Waals surface area contributed by atoms with E-state index in [1.165, 1.54) is 161 Å². The summed E-state index contributed by atoms with van der Waals surface area (Å²) < 4.78 is 0. The van der Waals surface area contributed by atoms with Crippen LogP contribution in [0.3, 0.4) is 0 Å². The average molecular weight is 1170 g/mol. The molecule has 0 saturated heterocycles. The van der Waals surface area contributed by atoms with E-state index in [0.717, 1.165) is 47.3 Å². The molecule has 5 saturated carbocycles. The van der Waals surface area contributed by atoms with Gasteiger partial charge in [0.15, 0.2) is 0 Å². The normalized spacial score (nSPS) is 12.6. The molecule has 0 nitrogen and oxygen atoms in total. The first-order valence-corrected chi connectivity index (χ1v) is 31.1. The monoisotopic (exact) mass is 1170 g/mol. The van der Waals surface area contributed by atoms with Crippen molar-refractivity contribution in [2.75, 3.05) is 0 Å². The number of hydrogen-bond donors (Lipinski definition) is 0. The molecule has 526 valence electrons. The second kappa shape index (κ2) is 129. The number of hydrogen-bond acceptors (Lipinski definition) is 0. The van der Waals surface area contributed by atoms with Crippen molar-refractivity contribution >= 4 is 0 Å². The number of rotatable bonds is 7. The van der Waals surface area contributed by atoms with E-state index >= 15 is 0 Å². The topological polar surface area (TPSA) is 0 Å². The quantitative estimate of drug-likeness (QED) is 0.238. The summed E-state index contributed by atoms with van der Waals surface area (Å²) in [7, 11) is 0. The molecule has 0 amide bonds. The Morgan fingerprint density at radius 2 is 0.500 bits per heavy atom. The molecule has 0 unspecified atom stereocenters. The highest BCUT2D eigenvalue weighted by Gasteiger charge is 2.17. The first kappa shape index (κ1) is 154. The van der Waals surface area contributed by atoms with Gasteiger partial charge in [-0.3, -0.25) is 0 Å². The van der Waals surface area contributed by atoms with E-state index in [2.05, 4.69) is 194 Å². The van der Waals surface area contributed by atoms with E-state index in [-0.39, 0.29) is 96.5 Å². The minimum absolute atomic E-state index is 0. The third-order valence-electron chi connectivity index (χ3n) is 10.9. The molecule has 0 heteroatoms. The largest absolute Gasteiger partial charge is 0.0776 e. The van der Waals surface area contributed by atoms with Gasteiger partial charge in [-0.2, -0.15) is 0 Å². The molecule has 0 aromatic carbocycles. The maximum atomic E-state index is 2.34. The Balaban J connectivity index is -0.0000000206. The Bertz CT molecular complexity index is 645. The summed E-state index contributed by atoms with van der Waals surface area (Å²) in [5.41, 5.74) is 1.04. The third-order valence-corrected chi connectivity index (χ3v) is 10.9. The van der Waals surface area contributed by atoms with Crippen LogP contribution in [-0.2, 0) is 0 Å². The summed E-state index contributed by atoms with van der Waals surface area (Å²) >= 11 is 0. The Labute approximate surface area is 534 Å². The van der Waals surface area contributed by atoms with Crippen molar-refractivity contribution in [3.05, 3.63) is 0 Å². The van der Waals surface area contributed by atoms with Crippen LogP contribution in [0.25, 0.3) is 0 Å². The van der Waals surface area contributed by atoms with Crippen LogP contribution in [0.4, 0.5) is 0 Å². The molecule has 0 radical (unpaired) electrons. The SMILES string of the molecule is C.C.C.C.C.C.C.C.C.C.C.C.C.CC.CC.CC(C)(C)C.CC(C)C.CC1CC1.CC1CCC1.CC1CCCC1.CCC.CCC(C)(C)C.CCC(C)C.CCC(C)C.CCC1CC1.CCC1CCC1.CCCC.CCCCC. The molecular formula is C80H206. The van der Waals surface area contributed by atoms with Crippen LogP contribution >= 0.6 is 0 Å². The molecule has 0 aromatic heterocycles. The van der Waals surface area contributed by atoms with E-state index in [4.69, 9.17) is 0 Å². The first-order chi connectivity index (χ1) is 31.1. The Morgan fingerprint density at radius 1 is 0.325 bits per heavy atom. The summed E-state index contributed by atoms with van der Waals surface area (Å²) in [4.78, 5) is 0. The lowest BCUT2D eigenvalue weighted by Gasteiger charge is -2.22. The van der Waals surface area contributed by atoms with Gasteiger partial charge in [0.05, 0.1) is 0 Å². The second-order valence-corrected chi connectivity index (χ2v) is 24.5. The lowest BCUT2D eigenvalue weighted by Crippen LogP contribution is -2.08. The van der Waals surface area contributed by atoms with Crippen molar-refractivity contribution in [2.45, 2.75) is 479 Å². The summed E-state index contributed by atoms with van der Waals surface area (Å²) in [6.07, 6.45) is 35.6. The molecule has 0 N–H and O–H groups in total. The number of unbranched alkanes of at least 4 members (excludes halogenated alkanes) is 3. The lowest BCUT2D eigenvalue weighted by molar-refractivity contribution is 0.307. The van der Waals surface area contributed by atoms with Crippen LogP contribution in [0, 0.1) is 58.2 Å². The van der Waals surface area contributed by atoms with Gasteiger partial charge in [0, 0.05) is 0 Å². The van der Waals surface area contributed by atoms with Gasteiger partial charge in [0.25, 0.3) is 0 Å². The molecule has 0 heterocycles. The molecule has 0 aliphatic heterocycles. The van der Waals surface area contributed by atoms with Gasteiger partial charge in [-0.15, -0.1) is 0 Å². The Kier molecular flexibility index (Phi) is 248. The zero-order valence-corrected chi connectivity index (χ0v) is 55.3. The van der Waals surface area contributed by atoms with Crippen molar-refractivity contribution in [1.29, 1.82) is 0 Å². The van der Waals surface area contributed by atoms with E-state index in [1.807, 2.05) is 27.7 Å². The molecule has 0 spiro atoms. The van der Waals surface area contributed by atoms with Crippen molar-refractivity contribution in [3.63, 3.8) is 0 Å². The molecule has 80 heavy (non-hydrogen) atoms. The van der Waals surface area contributed by atoms with Crippen LogP contribution < -0.4 is 0 Å². The second-order valence-electron chi connectivity index (χ2n) is 24.5. The molecular weight excluding hydrogens is 961 g/mol. The van der Waals surface area contributed by atoms with Gasteiger partial charge in [-0.25, -0.2) is 0 Å². The highest BCUT2D eigenvalue weighted by Crippen LogP contribution is 2.31.